The minimum atomic E-state index is -5.30. The average Bonchev–Trinajstić information content (AvgIpc) is 2.16. The number of rotatable bonds is 11. The third-order valence-electron chi connectivity index (χ3n) is 2.23. The van der Waals surface area contributed by atoms with Crippen molar-refractivity contribution in [3.05, 3.63) is 0 Å². The monoisotopic (exact) mass is 589 g/mol. The van der Waals surface area contributed by atoms with Crippen LogP contribution in [0.4, 0.5) is 0 Å². The van der Waals surface area contributed by atoms with Crippen LogP contribution in [0.25, 0.3) is 0 Å². The molecule has 0 aliphatic rings. The molecule has 0 amide bonds. The van der Waals surface area contributed by atoms with E-state index in [0.717, 1.165) is 0 Å². The van der Waals surface area contributed by atoms with Crippen molar-refractivity contribution in [2.24, 2.45) is 0 Å². The summed E-state index contributed by atoms with van der Waals surface area (Å²) in [6, 6.07) is 0. The maximum absolute atomic E-state index is 10.7. The molecular formula is C6H12N2Na7O12P4-. The van der Waals surface area contributed by atoms with Crippen LogP contribution in [0, 0.1) is 0 Å². The Bertz CT molecular complexity index is 510. The molecule has 0 saturated heterocycles. The molecule has 0 aromatic carbocycles. The Morgan fingerprint density at radius 3 is 0.613 bits per heavy atom. The van der Waals surface area contributed by atoms with E-state index in [1.807, 2.05) is 0 Å². The van der Waals surface area contributed by atoms with E-state index in [0.29, 0.717) is 9.80 Å². The van der Waals surface area contributed by atoms with Crippen LogP contribution < -0.4 is 246 Å². The molecular weight excluding hydrogens is 577 g/mol. The van der Waals surface area contributed by atoms with E-state index in [2.05, 4.69) is 0 Å². The van der Waals surface area contributed by atoms with E-state index in [1.54, 1.807) is 0 Å². The zero-order valence-electron chi connectivity index (χ0n) is 18.8. The van der Waals surface area contributed by atoms with E-state index in [4.69, 9.17) is 0 Å². The quantitative estimate of drug-likeness (QED) is 0.160. The first-order valence-electron chi connectivity index (χ1n) is 5.85. The molecule has 0 spiro atoms. The van der Waals surface area contributed by atoms with Gasteiger partial charge in [-0.25, -0.2) is 0 Å². The molecule has 0 fully saturated rings. The summed E-state index contributed by atoms with van der Waals surface area (Å²) >= 11 is 0. The van der Waals surface area contributed by atoms with E-state index in [9.17, 15) is 57.4 Å². The molecule has 0 aromatic rings. The summed E-state index contributed by atoms with van der Waals surface area (Å²) in [5, 5.41) is 0. The van der Waals surface area contributed by atoms with Crippen molar-refractivity contribution in [3.63, 3.8) is 0 Å². The molecule has 0 atom stereocenters. The van der Waals surface area contributed by atoms with Gasteiger partial charge in [0.15, 0.2) is 0 Å². The predicted octanol–water partition coefficient (Wildman–Crippen LogP) is -27.9. The van der Waals surface area contributed by atoms with Crippen LogP contribution >= 0.6 is 30.4 Å². The average molecular weight is 589 g/mol. The summed E-state index contributed by atoms with van der Waals surface area (Å²) in [7, 11) is -21.2. The molecule has 31 heavy (non-hydrogen) atoms. The third kappa shape index (κ3) is 44.8. The van der Waals surface area contributed by atoms with Gasteiger partial charge >= 0.3 is 207 Å². The van der Waals surface area contributed by atoms with Crippen LogP contribution in [0.5, 0.6) is 0 Å². The summed E-state index contributed by atoms with van der Waals surface area (Å²) in [5.74, 6) is 0. The van der Waals surface area contributed by atoms with E-state index >= 15 is 0 Å². The Kier molecular flexibility index (Phi) is 49.6. The predicted molar refractivity (Wildman–Crippen MR) is 63.3 cm³/mol. The fourth-order valence-electron chi connectivity index (χ4n) is 1.63. The van der Waals surface area contributed by atoms with E-state index < -0.39 is 68.6 Å². The molecule has 0 bridgehead atoms. The van der Waals surface area contributed by atoms with Crippen molar-refractivity contribution >= 4 is 30.4 Å². The normalized spacial score (nSPS) is 11.3. The number of hydrogen-bond donors (Lipinski definition) is 0. The molecule has 0 aliphatic carbocycles. The van der Waals surface area contributed by atoms with Crippen LogP contribution in [0.15, 0.2) is 0 Å². The zero-order chi connectivity index (χ0) is 19.4. The first-order chi connectivity index (χ1) is 10.4. The summed E-state index contributed by atoms with van der Waals surface area (Å²) < 4.78 is 42.7. The van der Waals surface area contributed by atoms with Gasteiger partial charge in [-0.1, -0.05) is 30.4 Å². The summed E-state index contributed by atoms with van der Waals surface area (Å²) in [5.41, 5.74) is 0. The van der Waals surface area contributed by atoms with Crippen molar-refractivity contribution < 1.29 is 264 Å². The second-order valence-corrected chi connectivity index (χ2v) is 10.8. The van der Waals surface area contributed by atoms with Gasteiger partial charge in [0.2, 0.25) is 0 Å². The smallest absolute Gasteiger partial charge is 0.810 e. The standard InChI is InChI=1S/C6H20N2O12P4.7Na/c9-21(10,11)3-7(4-22(12,13)14)1-2-8(5-23(15,16)17)6-24(18,19)20;;;;;;;/h1-6H2,(H2,9,10,11)(H2,12,13,14)(H2,15,16,17)(H2,18,19,20);;;;;;;/q;7*+1/p-8. The first-order valence-corrected chi connectivity index (χ1v) is 12.8. The minimum absolute atomic E-state index is 0. The molecule has 0 rings (SSSR count). The van der Waals surface area contributed by atoms with Crippen LogP contribution in [0.2, 0.25) is 0 Å². The van der Waals surface area contributed by atoms with Crippen molar-refractivity contribution in [3.8, 4) is 0 Å². The molecule has 0 N–H and O–H groups in total. The van der Waals surface area contributed by atoms with Gasteiger partial charge in [-0.15, -0.1) is 0 Å². The Morgan fingerprint density at radius 1 is 0.387 bits per heavy atom. The second-order valence-electron chi connectivity index (χ2n) is 4.80. The maximum Gasteiger partial charge on any atom is 1.00 e. The van der Waals surface area contributed by atoms with Crippen molar-refractivity contribution in [1.82, 2.24) is 9.80 Å². The fourth-order valence-corrected chi connectivity index (χ4v) is 4.88. The van der Waals surface area contributed by atoms with Gasteiger partial charge < -0.3 is 57.4 Å². The maximum atomic E-state index is 10.7. The summed E-state index contributed by atoms with van der Waals surface area (Å²) in [6.45, 7) is -1.55. The van der Waals surface area contributed by atoms with Gasteiger partial charge in [0, 0.05) is 38.2 Å². The van der Waals surface area contributed by atoms with Crippen molar-refractivity contribution in [2.75, 3.05) is 38.2 Å². The largest absolute Gasteiger partial charge is 1.00 e. The third-order valence-corrected chi connectivity index (χ3v) is 5.21. The van der Waals surface area contributed by atoms with E-state index in [-0.39, 0.29) is 207 Å². The molecule has 0 heterocycles. The molecule has 0 saturated carbocycles. The SMILES string of the molecule is O=P([O-])([O-])CN(CCN(CP(=O)([O-])[O-])CP(=O)([O-])[O-])CP(=O)([O-])[O-].[Na+].[Na+].[Na+].[Na+].[Na+].[Na+].[Na+]. The van der Waals surface area contributed by atoms with Gasteiger partial charge in [0.05, 0.1) is 0 Å². The molecule has 0 aromatic heterocycles. The topological polar surface area (TPSA) is 259 Å². The molecule has 0 aliphatic heterocycles. The number of nitrogens with zero attached hydrogens (tertiary/aromatic N) is 2. The van der Waals surface area contributed by atoms with Crippen LogP contribution in [0.3, 0.4) is 0 Å². The number of hydrogen-bond acceptors (Lipinski definition) is 14. The second kappa shape index (κ2) is 26.4. The van der Waals surface area contributed by atoms with E-state index in [1.165, 1.54) is 0 Å². The van der Waals surface area contributed by atoms with Gasteiger partial charge in [0.1, 0.15) is 0 Å². The fraction of sp³-hybridized carbons (Fsp3) is 1.00. The summed E-state index contributed by atoms with van der Waals surface area (Å²) in [6.07, 6.45) is -5.63. The van der Waals surface area contributed by atoms with Gasteiger partial charge in [-0.05, 0) is 0 Å². The molecule has 0 radical (unpaired) electrons. The molecule has 14 nitrogen and oxygen atoms in total. The van der Waals surface area contributed by atoms with Crippen molar-refractivity contribution in [1.29, 1.82) is 0 Å². The first kappa shape index (κ1) is 58.2. The molecule has 0 unspecified atom stereocenters. The Hall–Kier alpha value is 7.52. The van der Waals surface area contributed by atoms with Gasteiger partial charge in [-0.3, -0.25) is 9.80 Å². The van der Waals surface area contributed by atoms with Crippen LogP contribution in [0.1, 0.15) is 0 Å². The van der Waals surface area contributed by atoms with Crippen LogP contribution in [-0.4, -0.2) is 48.0 Å². The van der Waals surface area contributed by atoms with Gasteiger partial charge in [0.25, 0.3) is 0 Å². The molecule has 25 heteroatoms. The van der Waals surface area contributed by atoms with Crippen molar-refractivity contribution in [2.45, 2.75) is 0 Å². The minimum Gasteiger partial charge on any atom is -0.810 e. The summed E-state index contributed by atoms with van der Waals surface area (Å²) in [4.78, 5) is 85.9. The zero-order valence-corrected chi connectivity index (χ0v) is 36.4. The molecule has 146 valence electrons. The van der Waals surface area contributed by atoms with Crippen LogP contribution in [-0.2, 0) is 18.3 Å². The Balaban J connectivity index is -0.000000126. The Morgan fingerprint density at radius 2 is 0.516 bits per heavy atom. The van der Waals surface area contributed by atoms with Gasteiger partial charge in [-0.2, -0.15) is 0 Å². The Labute approximate surface area is 335 Å².